The van der Waals surface area contributed by atoms with E-state index in [-0.39, 0.29) is 17.6 Å². The van der Waals surface area contributed by atoms with Crippen LogP contribution in [0, 0.1) is 5.41 Å². The molecule has 3 nitrogen and oxygen atoms in total. The standard InChI is InChI=1S/C13H15ClO3S/c14-11-4-3-10(18-11)9(15)7-13(8-12(16)17)5-1-2-6-13/h3-4H,1-2,5-8H2,(H,16,17). The number of carboxylic acids is 1. The van der Waals surface area contributed by atoms with E-state index in [4.69, 9.17) is 16.7 Å². The maximum absolute atomic E-state index is 12.2. The molecule has 1 N–H and O–H groups in total. The highest BCUT2D eigenvalue weighted by Crippen LogP contribution is 2.45. The summed E-state index contributed by atoms with van der Waals surface area (Å²) >= 11 is 7.08. The van der Waals surface area contributed by atoms with E-state index < -0.39 is 5.97 Å². The van der Waals surface area contributed by atoms with E-state index in [9.17, 15) is 9.59 Å². The molecular formula is C13H15ClO3S. The normalized spacial score (nSPS) is 17.8. The van der Waals surface area contributed by atoms with Crippen molar-refractivity contribution in [3.63, 3.8) is 0 Å². The zero-order chi connectivity index (χ0) is 13.2. The van der Waals surface area contributed by atoms with Gasteiger partial charge in [0.1, 0.15) is 0 Å². The third-order valence-corrected chi connectivity index (χ3v) is 4.85. The molecule has 18 heavy (non-hydrogen) atoms. The highest BCUT2D eigenvalue weighted by molar-refractivity contribution is 7.18. The molecule has 1 aliphatic carbocycles. The Balaban J connectivity index is 2.09. The van der Waals surface area contributed by atoms with Gasteiger partial charge in [-0.05, 0) is 30.4 Å². The van der Waals surface area contributed by atoms with Crippen molar-refractivity contribution in [2.75, 3.05) is 0 Å². The van der Waals surface area contributed by atoms with Gasteiger partial charge in [0.25, 0.3) is 0 Å². The number of halogens is 1. The summed E-state index contributed by atoms with van der Waals surface area (Å²) < 4.78 is 0.594. The van der Waals surface area contributed by atoms with Gasteiger partial charge in [-0.3, -0.25) is 9.59 Å². The molecule has 0 aliphatic heterocycles. The number of aliphatic carboxylic acids is 1. The maximum Gasteiger partial charge on any atom is 0.303 e. The quantitative estimate of drug-likeness (QED) is 0.832. The summed E-state index contributed by atoms with van der Waals surface area (Å²) in [6.45, 7) is 0. The van der Waals surface area contributed by atoms with Gasteiger partial charge in [-0.2, -0.15) is 0 Å². The molecule has 0 atom stereocenters. The number of carboxylic acid groups (broad SMARTS) is 1. The molecule has 2 rings (SSSR count). The molecule has 1 fully saturated rings. The molecule has 5 heteroatoms. The average molecular weight is 287 g/mol. The predicted molar refractivity (Wildman–Crippen MR) is 71.4 cm³/mol. The van der Waals surface area contributed by atoms with E-state index >= 15 is 0 Å². The van der Waals surface area contributed by atoms with Crippen LogP contribution in [-0.2, 0) is 4.79 Å². The lowest BCUT2D eigenvalue weighted by atomic mass is 9.78. The molecule has 98 valence electrons. The number of carbonyl (C=O) groups excluding carboxylic acids is 1. The summed E-state index contributed by atoms with van der Waals surface area (Å²) in [4.78, 5) is 23.7. The number of ketones is 1. The number of rotatable bonds is 5. The molecule has 0 bridgehead atoms. The molecule has 0 aromatic carbocycles. The smallest absolute Gasteiger partial charge is 0.303 e. The largest absolute Gasteiger partial charge is 0.481 e. The van der Waals surface area contributed by atoms with Gasteiger partial charge in [0.05, 0.1) is 15.6 Å². The molecule has 1 heterocycles. The molecule has 0 spiro atoms. The van der Waals surface area contributed by atoms with Crippen LogP contribution in [0.4, 0.5) is 0 Å². The topological polar surface area (TPSA) is 54.4 Å². The summed E-state index contributed by atoms with van der Waals surface area (Å²) in [5, 5.41) is 9.00. The first-order valence-corrected chi connectivity index (χ1v) is 7.21. The van der Waals surface area contributed by atoms with E-state index in [0.717, 1.165) is 25.7 Å². The fraction of sp³-hybridized carbons (Fsp3) is 0.538. The third kappa shape index (κ3) is 3.12. The second kappa shape index (κ2) is 5.41. The van der Waals surface area contributed by atoms with Crippen molar-refractivity contribution in [1.82, 2.24) is 0 Å². The van der Waals surface area contributed by atoms with Gasteiger partial charge in [0.2, 0.25) is 0 Å². The van der Waals surface area contributed by atoms with Crippen LogP contribution in [0.5, 0.6) is 0 Å². The molecule has 1 aromatic rings. The minimum atomic E-state index is -0.811. The van der Waals surface area contributed by atoms with Crippen LogP contribution in [0.15, 0.2) is 12.1 Å². The van der Waals surface area contributed by atoms with Crippen molar-refractivity contribution in [2.24, 2.45) is 5.41 Å². The zero-order valence-corrected chi connectivity index (χ0v) is 11.5. The summed E-state index contributed by atoms with van der Waals surface area (Å²) in [5.41, 5.74) is -0.334. The monoisotopic (exact) mass is 286 g/mol. The molecule has 0 saturated heterocycles. The number of thiophene rings is 1. The van der Waals surface area contributed by atoms with Gasteiger partial charge in [0.15, 0.2) is 5.78 Å². The molecule has 1 saturated carbocycles. The Kier molecular flexibility index (Phi) is 4.07. The highest BCUT2D eigenvalue weighted by Gasteiger charge is 2.38. The van der Waals surface area contributed by atoms with Crippen molar-refractivity contribution in [1.29, 1.82) is 0 Å². The van der Waals surface area contributed by atoms with Crippen LogP contribution in [0.2, 0.25) is 4.34 Å². The first kappa shape index (κ1) is 13.6. The van der Waals surface area contributed by atoms with E-state index in [0.29, 0.717) is 15.6 Å². The molecule has 0 amide bonds. The van der Waals surface area contributed by atoms with Gasteiger partial charge in [-0.25, -0.2) is 0 Å². The second-order valence-corrected chi connectivity index (χ2v) is 6.70. The highest BCUT2D eigenvalue weighted by atomic mass is 35.5. The number of hydrogen-bond donors (Lipinski definition) is 1. The van der Waals surface area contributed by atoms with Crippen molar-refractivity contribution in [3.8, 4) is 0 Å². The second-order valence-electron chi connectivity index (χ2n) is 4.98. The van der Waals surface area contributed by atoms with Crippen molar-refractivity contribution < 1.29 is 14.7 Å². The lowest BCUT2D eigenvalue weighted by Gasteiger charge is -2.25. The Morgan fingerprint density at radius 1 is 1.28 bits per heavy atom. The van der Waals surface area contributed by atoms with Crippen LogP contribution < -0.4 is 0 Å². The van der Waals surface area contributed by atoms with Crippen LogP contribution >= 0.6 is 22.9 Å². The molecule has 0 unspecified atom stereocenters. The Bertz CT molecular complexity index is 461. The fourth-order valence-corrected chi connectivity index (χ4v) is 3.73. The Hall–Kier alpha value is -0.870. The number of carbonyl (C=O) groups is 2. The van der Waals surface area contributed by atoms with Crippen LogP contribution in [0.3, 0.4) is 0 Å². The van der Waals surface area contributed by atoms with E-state index in [1.165, 1.54) is 11.3 Å². The van der Waals surface area contributed by atoms with Gasteiger partial charge in [0, 0.05) is 6.42 Å². The minimum absolute atomic E-state index is 0.0232. The van der Waals surface area contributed by atoms with Crippen molar-refractivity contribution in [2.45, 2.75) is 38.5 Å². The Labute approximate surface area is 115 Å². The summed E-state index contributed by atoms with van der Waals surface area (Å²) in [5.74, 6) is -0.788. The molecule has 1 aliphatic rings. The predicted octanol–water partition coefficient (Wildman–Crippen LogP) is 4.01. The SMILES string of the molecule is O=C(O)CC1(CC(=O)c2ccc(Cl)s2)CCCC1. The summed E-state index contributed by atoms with van der Waals surface area (Å²) in [6, 6.07) is 3.43. The van der Waals surface area contributed by atoms with E-state index in [1.807, 2.05) is 0 Å². The van der Waals surface area contributed by atoms with Gasteiger partial charge in [-0.15, -0.1) is 11.3 Å². The average Bonchev–Trinajstić information content (AvgIpc) is 2.87. The summed E-state index contributed by atoms with van der Waals surface area (Å²) in [6.07, 6.45) is 4.14. The Morgan fingerprint density at radius 2 is 1.94 bits per heavy atom. The van der Waals surface area contributed by atoms with Gasteiger partial charge < -0.3 is 5.11 Å². The maximum atomic E-state index is 12.2. The fourth-order valence-electron chi connectivity index (χ4n) is 2.75. The third-order valence-electron chi connectivity index (χ3n) is 3.57. The van der Waals surface area contributed by atoms with Crippen LogP contribution in [0.25, 0.3) is 0 Å². The minimum Gasteiger partial charge on any atom is -0.481 e. The van der Waals surface area contributed by atoms with Crippen LogP contribution in [0.1, 0.15) is 48.2 Å². The van der Waals surface area contributed by atoms with E-state index in [1.54, 1.807) is 12.1 Å². The van der Waals surface area contributed by atoms with E-state index in [2.05, 4.69) is 0 Å². The molecular weight excluding hydrogens is 272 g/mol. The molecule has 0 radical (unpaired) electrons. The lowest BCUT2D eigenvalue weighted by molar-refractivity contribution is -0.139. The summed E-state index contributed by atoms with van der Waals surface area (Å²) in [7, 11) is 0. The molecule has 1 aromatic heterocycles. The number of hydrogen-bond acceptors (Lipinski definition) is 3. The van der Waals surface area contributed by atoms with Crippen LogP contribution in [-0.4, -0.2) is 16.9 Å². The van der Waals surface area contributed by atoms with Crippen molar-refractivity contribution >= 4 is 34.7 Å². The van der Waals surface area contributed by atoms with Crippen molar-refractivity contribution in [3.05, 3.63) is 21.3 Å². The van der Waals surface area contributed by atoms with Gasteiger partial charge in [-0.1, -0.05) is 24.4 Å². The first-order chi connectivity index (χ1) is 8.51. The Morgan fingerprint density at radius 3 is 2.44 bits per heavy atom. The lowest BCUT2D eigenvalue weighted by Crippen LogP contribution is -2.24. The van der Waals surface area contributed by atoms with Gasteiger partial charge >= 0.3 is 5.97 Å². The first-order valence-electron chi connectivity index (χ1n) is 6.01. The number of Topliss-reactive ketones (excluding diaryl/α,β-unsaturated/α-hetero) is 1. The zero-order valence-electron chi connectivity index (χ0n) is 9.95.